The number of anilines is 1. The van der Waals surface area contributed by atoms with Crippen LogP contribution in [0.3, 0.4) is 0 Å². The SMILES string of the molecule is COc1ccc(-c2c(C)sc(N)c2C(=O)NC(C)C)cc1. The van der Waals surface area contributed by atoms with Crippen LogP contribution in [0.4, 0.5) is 5.00 Å². The van der Waals surface area contributed by atoms with E-state index < -0.39 is 0 Å². The van der Waals surface area contributed by atoms with Gasteiger partial charge in [0.05, 0.1) is 17.7 Å². The Balaban J connectivity index is 2.49. The Morgan fingerprint density at radius 2 is 1.90 bits per heavy atom. The summed E-state index contributed by atoms with van der Waals surface area (Å²) in [5.74, 6) is 0.658. The summed E-state index contributed by atoms with van der Waals surface area (Å²) in [5, 5.41) is 3.46. The summed E-state index contributed by atoms with van der Waals surface area (Å²) in [6.07, 6.45) is 0. The Bertz CT molecular complexity index is 645. The van der Waals surface area contributed by atoms with Crippen LogP contribution in [0.5, 0.6) is 5.75 Å². The molecule has 0 aliphatic rings. The van der Waals surface area contributed by atoms with Gasteiger partial charge in [-0.1, -0.05) is 12.1 Å². The molecule has 2 rings (SSSR count). The minimum absolute atomic E-state index is 0.0702. The summed E-state index contributed by atoms with van der Waals surface area (Å²) in [7, 11) is 1.63. The van der Waals surface area contributed by atoms with E-state index in [1.54, 1.807) is 7.11 Å². The number of amides is 1. The molecular weight excluding hydrogens is 284 g/mol. The monoisotopic (exact) mass is 304 g/mol. The fraction of sp³-hybridized carbons (Fsp3) is 0.312. The molecule has 0 bridgehead atoms. The van der Waals surface area contributed by atoms with Crippen LogP contribution in [0.2, 0.25) is 0 Å². The lowest BCUT2D eigenvalue weighted by Crippen LogP contribution is -2.30. The molecule has 1 amide bonds. The first kappa shape index (κ1) is 15.4. The van der Waals surface area contributed by atoms with Crippen molar-refractivity contribution < 1.29 is 9.53 Å². The molecule has 0 fully saturated rings. The number of ether oxygens (including phenoxy) is 1. The lowest BCUT2D eigenvalue weighted by molar-refractivity contribution is 0.0945. The van der Waals surface area contributed by atoms with Crippen molar-refractivity contribution in [3.05, 3.63) is 34.7 Å². The van der Waals surface area contributed by atoms with Crippen molar-refractivity contribution in [2.75, 3.05) is 12.8 Å². The fourth-order valence-electron chi connectivity index (χ4n) is 2.23. The number of thiophene rings is 1. The summed E-state index contributed by atoms with van der Waals surface area (Å²) in [6, 6.07) is 7.72. The topological polar surface area (TPSA) is 64.3 Å². The minimum atomic E-state index is -0.127. The molecule has 5 heteroatoms. The first-order valence-corrected chi connectivity index (χ1v) is 7.59. The average Bonchev–Trinajstić information content (AvgIpc) is 2.73. The van der Waals surface area contributed by atoms with E-state index in [-0.39, 0.29) is 11.9 Å². The highest BCUT2D eigenvalue weighted by Crippen LogP contribution is 2.38. The lowest BCUT2D eigenvalue weighted by atomic mass is 10.0. The molecule has 112 valence electrons. The number of hydrogen-bond donors (Lipinski definition) is 2. The van der Waals surface area contributed by atoms with Gasteiger partial charge in [0.15, 0.2) is 0 Å². The van der Waals surface area contributed by atoms with Crippen LogP contribution < -0.4 is 15.8 Å². The highest BCUT2D eigenvalue weighted by Gasteiger charge is 2.22. The first-order chi connectivity index (χ1) is 9.93. The third-order valence-electron chi connectivity index (χ3n) is 3.14. The van der Waals surface area contributed by atoms with Gasteiger partial charge in [-0.05, 0) is 38.5 Å². The lowest BCUT2D eigenvalue weighted by Gasteiger charge is -2.11. The van der Waals surface area contributed by atoms with Crippen molar-refractivity contribution in [2.45, 2.75) is 26.8 Å². The van der Waals surface area contributed by atoms with Crippen LogP contribution in [-0.2, 0) is 0 Å². The maximum atomic E-state index is 12.4. The van der Waals surface area contributed by atoms with Crippen molar-refractivity contribution in [1.29, 1.82) is 0 Å². The van der Waals surface area contributed by atoms with E-state index in [0.717, 1.165) is 21.8 Å². The Labute approximate surface area is 128 Å². The first-order valence-electron chi connectivity index (χ1n) is 6.78. The Hall–Kier alpha value is -2.01. The zero-order valence-electron chi connectivity index (χ0n) is 12.7. The molecule has 0 saturated carbocycles. The number of benzene rings is 1. The second kappa shape index (κ2) is 6.18. The molecule has 0 aliphatic heterocycles. The Morgan fingerprint density at radius 3 is 2.43 bits per heavy atom. The predicted molar refractivity (Wildman–Crippen MR) is 88.1 cm³/mol. The summed E-state index contributed by atoms with van der Waals surface area (Å²) in [6.45, 7) is 5.84. The minimum Gasteiger partial charge on any atom is -0.497 e. The molecule has 2 aromatic rings. The molecule has 1 aromatic heterocycles. The maximum absolute atomic E-state index is 12.4. The molecule has 0 aliphatic carbocycles. The summed E-state index contributed by atoms with van der Waals surface area (Å²) in [5.41, 5.74) is 8.48. The van der Waals surface area contributed by atoms with Crippen molar-refractivity contribution in [3.63, 3.8) is 0 Å². The van der Waals surface area contributed by atoms with E-state index in [2.05, 4.69) is 5.32 Å². The highest BCUT2D eigenvalue weighted by atomic mass is 32.1. The van der Waals surface area contributed by atoms with Crippen molar-refractivity contribution in [1.82, 2.24) is 5.32 Å². The molecular formula is C16H20N2O2S. The van der Waals surface area contributed by atoms with E-state index in [9.17, 15) is 4.79 Å². The van der Waals surface area contributed by atoms with Gasteiger partial charge in [0, 0.05) is 16.5 Å². The van der Waals surface area contributed by atoms with Gasteiger partial charge in [0.2, 0.25) is 0 Å². The van der Waals surface area contributed by atoms with Gasteiger partial charge in [-0.15, -0.1) is 11.3 Å². The molecule has 4 nitrogen and oxygen atoms in total. The van der Waals surface area contributed by atoms with Crippen molar-refractivity contribution in [3.8, 4) is 16.9 Å². The number of rotatable bonds is 4. The van der Waals surface area contributed by atoms with Gasteiger partial charge in [-0.25, -0.2) is 0 Å². The number of aryl methyl sites for hydroxylation is 1. The Kier molecular flexibility index (Phi) is 4.53. The van der Waals surface area contributed by atoms with Crippen LogP contribution in [0.15, 0.2) is 24.3 Å². The fourth-order valence-corrected chi connectivity index (χ4v) is 3.18. The van der Waals surface area contributed by atoms with Crippen molar-refractivity contribution >= 4 is 22.2 Å². The number of hydrogen-bond acceptors (Lipinski definition) is 4. The molecule has 0 unspecified atom stereocenters. The van der Waals surface area contributed by atoms with Crippen LogP contribution in [0.1, 0.15) is 29.1 Å². The number of carbonyl (C=O) groups excluding carboxylic acids is 1. The summed E-state index contributed by atoms with van der Waals surface area (Å²) in [4.78, 5) is 13.4. The summed E-state index contributed by atoms with van der Waals surface area (Å²) < 4.78 is 5.17. The predicted octanol–water partition coefficient (Wildman–Crippen LogP) is 3.45. The highest BCUT2D eigenvalue weighted by molar-refractivity contribution is 7.16. The van der Waals surface area contributed by atoms with E-state index in [0.29, 0.717) is 10.6 Å². The molecule has 0 radical (unpaired) electrons. The molecule has 0 saturated heterocycles. The second-order valence-corrected chi connectivity index (χ2v) is 6.39. The van der Waals surface area contributed by atoms with Gasteiger partial charge in [-0.2, -0.15) is 0 Å². The normalized spacial score (nSPS) is 10.7. The van der Waals surface area contributed by atoms with Crippen LogP contribution in [-0.4, -0.2) is 19.1 Å². The zero-order valence-corrected chi connectivity index (χ0v) is 13.5. The van der Waals surface area contributed by atoms with Gasteiger partial charge < -0.3 is 15.8 Å². The quantitative estimate of drug-likeness (QED) is 0.909. The summed E-state index contributed by atoms with van der Waals surface area (Å²) >= 11 is 1.44. The van der Waals surface area contributed by atoms with Gasteiger partial charge in [-0.3, -0.25) is 4.79 Å². The average molecular weight is 304 g/mol. The Morgan fingerprint density at radius 1 is 1.29 bits per heavy atom. The molecule has 21 heavy (non-hydrogen) atoms. The van der Waals surface area contributed by atoms with E-state index in [4.69, 9.17) is 10.5 Å². The third kappa shape index (κ3) is 3.19. The van der Waals surface area contributed by atoms with Crippen LogP contribution in [0, 0.1) is 6.92 Å². The molecule has 0 spiro atoms. The van der Waals surface area contributed by atoms with Gasteiger partial charge in [0.1, 0.15) is 5.75 Å². The number of carbonyl (C=O) groups is 1. The molecule has 3 N–H and O–H groups in total. The standard InChI is InChI=1S/C16H20N2O2S/c1-9(2)18-16(19)14-13(10(3)21-15(14)17)11-5-7-12(20-4)8-6-11/h5-9H,17H2,1-4H3,(H,18,19). The molecule has 1 aromatic carbocycles. The molecule has 0 atom stereocenters. The largest absolute Gasteiger partial charge is 0.497 e. The van der Waals surface area contributed by atoms with Crippen LogP contribution >= 0.6 is 11.3 Å². The van der Waals surface area contributed by atoms with Gasteiger partial charge >= 0.3 is 0 Å². The number of nitrogens with one attached hydrogen (secondary N) is 1. The van der Waals surface area contributed by atoms with E-state index in [1.807, 2.05) is 45.0 Å². The number of nitrogen functional groups attached to an aromatic ring is 1. The smallest absolute Gasteiger partial charge is 0.255 e. The van der Waals surface area contributed by atoms with E-state index >= 15 is 0 Å². The van der Waals surface area contributed by atoms with Crippen LogP contribution in [0.25, 0.3) is 11.1 Å². The van der Waals surface area contributed by atoms with Crippen molar-refractivity contribution in [2.24, 2.45) is 0 Å². The molecule has 1 heterocycles. The third-order valence-corrected chi connectivity index (χ3v) is 4.07. The number of methoxy groups -OCH3 is 1. The van der Waals surface area contributed by atoms with Gasteiger partial charge in [0.25, 0.3) is 5.91 Å². The van der Waals surface area contributed by atoms with E-state index in [1.165, 1.54) is 11.3 Å². The maximum Gasteiger partial charge on any atom is 0.255 e. The zero-order chi connectivity index (χ0) is 15.6. The number of nitrogens with two attached hydrogens (primary N) is 1. The second-order valence-electron chi connectivity index (χ2n) is 5.13.